The van der Waals surface area contributed by atoms with E-state index in [1.54, 1.807) is 29.2 Å². The number of carbonyl (C=O) groups is 3. The summed E-state index contributed by atoms with van der Waals surface area (Å²) in [6.07, 6.45) is 2.26. The molecular formula is C24H24N2O9S. The molecule has 0 radical (unpaired) electrons. The Balaban J connectivity index is 0.000000556. The number of furan rings is 1. The standard InChI is InChI=1S/C23H20N2O6.CH4O3S/c1-10-14(23(30)25-8-4-5-11(24)9-25)17-20(28)15-16(21(29)22(17)31-10)19(27)13-7-3-2-6-12(13)18(15)26;1-5(2,3)4/h2-3,6-7,11,26-27H,4-5,8-9,24H2,1H3;1H3,(H,2,3,4). The van der Waals surface area contributed by atoms with Gasteiger partial charge >= 0.3 is 0 Å². The molecule has 5 N–H and O–H groups in total. The first-order valence-electron chi connectivity index (χ1n) is 11.0. The summed E-state index contributed by atoms with van der Waals surface area (Å²) >= 11 is 0. The second-order valence-corrected chi connectivity index (χ2v) is 10.2. The molecule has 2 aliphatic rings. The molecule has 5 rings (SSSR count). The van der Waals surface area contributed by atoms with E-state index in [0.717, 1.165) is 12.8 Å². The van der Waals surface area contributed by atoms with Crippen molar-refractivity contribution in [2.75, 3.05) is 19.3 Å². The first-order valence-corrected chi connectivity index (χ1v) is 12.8. The molecule has 0 saturated carbocycles. The van der Waals surface area contributed by atoms with Crippen LogP contribution in [-0.2, 0) is 10.1 Å². The van der Waals surface area contributed by atoms with Crippen molar-refractivity contribution in [1.82, 2.24) is 4.90 Å². The number of piperidine rings is 1. The van der Waals surface area contributed by atoms with E-state index < -0.39 is 39.1 Å². The highest BCUT2D eigenvalue weighted by Gasteiger charge is 2.43. The summed E-state index contributed by atoms with van der Waals surface area (Å²) in [6, 6.07) is 6.21. The molecule has 0 bridgehead atoms. The third-order valence-electron chi connectivity index (χ3n) is 6.09. The molecule has 2 heterocycles. The highest BCUT2D eigenvalue weighted by Crippen LogP contribution is 2.45. The van der Waals surface area contributed by atoms with Crippen LogP contribution < -0.4 is 5.73 Å². The summed E-state index contributed by atoms with van der Waals surface area (Å²) in [5.41, 5.74) is 5.18. The summed E-state index contributed by atoms with van der Waals surface area (Å²) in [5.74, 6) is -2.91. The van der Waals surface area contributed by atoms with Gasteiger partial charge in [-0.15, -0.1) is 0 Å². The number of hydrogen-bond acceptors (Lipinski definition) is 9. The molecule has 1 aliphatic carbocycles. The molecule has 1 saturated heterocycles. The average Bonchev–Trinajstić information content (AvgIpc) is 3.16. The summed E-state index contributed by atoms with van der Waals surface area (Å²) in [6.45, 7) is 2.34. The first-order chi connectivity index (χ1) is 16.8. The van der Waals surface area contributed by atoms with Crippen LogP contribution in [0.3, 0.4) is 0 Å². The van der Waals surface area contributed by atoms with Crippen molar-refractivity contribution in [1.29, 1.82) is 0 Å². The van der Waals surface area contributed by atoms with Crippen molar-refractivity contribution in [3.05, 3.63) is 58.0 Å². The molecular weight excluding hydrogens is 492 g/mol. The number of ketones is 2. The Morgan fingerprint density at radius 1 is 1.06 bits per heavy atom. The van der Waals surface area contributed by atoms with E-state index >= 15 is 0 Å². The van der Waals surface area contributed by atoms with Gasteiger partial charge in [-0.05, 0) is 19.8 Å². The van der Waals surface area contributed by atoms with E-state index in [-0.39, 0.29) is 50.6 Å². The van der Waals surface area contributed by atoms with E-state index in [1.165, 1.54) is 6.92 Å². The highest BCUT2D eigenvalue weighted by atomic mass is 32.2. The molecule has 1 fully saturated rings. The van der Waals surface area contributed by atoms with Crippen molar-refractivity contribution in [2.24, 2.45) is 5.73 Å². The fourth-order valence-electron chi connectivity index (χ4n) is 4.61. The normalized spacial score (nSPS) is 17.3. The number of nitrogens with zero attached hydrogens (tertiary/aromatic N) is 1. The lowest BCUT2D eigenvalue weighted by molar-refractivity contribution is 0.0703. The van der Waals surface area contributed by atoms with Crippen LogP contribution >= 0.6 is 0 Å². The number of likely N-dealkylation sites (tertiary alicyclic amines) is 1. The zero-order chi connectivity index (χ0) is 26.5. The molecule has 1 atom stereocenters. The zero-order valence-electron chi connectivity index (χ0n) is 19.4. The van der Waals surface area contributed by atoms with Crippen LogP contribution in [0.2, 0.25) is 0 Å². The highest BCUT2D eigenvalue weighted by molar-refractivity contribution is 7.85. The van der Waals surface area contributed by atoms with Crippen LogP contribution in [0.25, 0.3) is 10.8 Å². The SMILES string of the molecule is CS(=O)(=O)O.Cc1oc2c(c1C(=O)N1CCCC(N)C1)C(=O)c1c(c(O)c3ccccc3c1O)C2=O. The number of aryl methyl sites for hydroxylation is 1. The van der Waals surface area contributed by atoms with Crippen molar-refractivity contribution in [2.45, 2.75) is 25.8 Å². The van der Waals surface area contributed by atoms with E-state index in [1.807, 2.05) is 0 Å². The Morgan fingerprint density at radius 3 is 2.11 bits per heavy atom. The van der Waals surface area contributed by atoms with Crippen LogP contribution in [0.1, 0.15) is 61.0 Å². The lowest BCUT2D eigenvalue weighted by atomic mass is 9.83. The quantitative estimate of drug-likeness (QED) is 0.215. The maximum atomic E-state index is 13.5. The Labute approximate surface area is 205 Å². The molecule has 1 amide bonds. The second-order valence-electron chi connectivity index (χ2n) is 8.77. The summed E-state index contributed by atoms with van der Waals surface area (Å²) in [7, 11) is -3.67. The van der Waals surface area contributed by atoms with Gasteiger partial charge < -0.3 is 25.3 Å². The van der Waals surface area contributed by atoms with E-state index in [4.69, 9.17) is 14.7 Å². The zero-order valence-corrected chi connectivity index (χ0v) is 20.3. The molecule has 1 aromatic heterocycles. The summed E-state index contributed by atoms with van der Waals surface area (Å²) in [5, 5.41) is 22.0. The Morgan fingerprint density at radius 2 is 1.58 bits per heavy atom. The van der Waals surface area contributed by atoms with Crippen molar-refractivity contribution >= 4 is 38.4 Å². The molecule has 190 valence electrons. The van der Waals surface area contributed by atoms with Gasteiger partial charge in [-0.1, -0.05) is 24.3 Å². The average molecular weight is 517 g/mol. The Bertz CT molecular complexity index is 1530. The molecule has 3 aromatic rings. The first kappa shape index (κ1) is 25.4. The van der Waals surface area contributed by atoms with Crippen molar-refractivity contribution < 1.29 is 42.0 Å². The lowest BCUT2D eigenvalue weighted by Gasteiger charge is -2.31. The number of fused-ring (bicyclic) bond motifs is 3. The van der Waals surface area contributed by atoms with Gasteiger partial charge in [0.05, 0.1) is 28.5 Å². The smallest absolute Gasteiger partial charge is 0.261 e. The number of phenolic OH excluding ortho intramolecular Hbond substituents is 2. The van der Waals surface area contributed by atoms with Crippen LogP contribution in [0, 0.1) is 6.92 Å². The molecule has 2 aromatic carbocycles. The number of amides is 1. The molecule has 0 spiro atoms. The molecule has 11 nitrogen and oxygen atoms in total. The number of hydrogen-bond donors (Lipinski definition) is 4. The van der Waals surface area contributed by atoms with Crippen LogP contribution in [-0.4, -0.2) is 70.9 Å². The van der Waals surface area contributed by atoms with Crippen molar-refractivity contribution in [3.63, 3.8) is 0 Å². The van der Waals surface area contributed by atoms with Gasteiger partial charge in [-0.2, -0.15) is 8.42 Å². The van der Waals surface area contributed by atoms with Gasteiger partial charge in [0.2, 0.25) is 11.6 Å². The number of phenols is 2. The number of benzene rings is 2. The fourth-order valence-corrected chi connectivity index (χ4v) is 4.61. The van der Waals surface area contributed by atoms with Gasteiger partial charge in [0.1, 0.15) is 17.3 Å². The maximum Gasteiger partial charge on any atom is 0.261 e. The topological polar surface area (TPSA) is 188 Å². The molecule has 36 heavy (non-hydrogen) atoms. The fraction of sp³-hybridized carbons (Fsp3) is 0.292. The van der Waals surface area contributed by atoms with Gasteiger partial charge in [-0.3, -0.25) is 18.9 Å². The Hall–Kier alpha value is -3.74. The van der Waals surface area contributed by atoms with E-state index in [9.17, 15) is 33.0 Å². The van der Waals surface area contributed by atoms with Gasteiger partial charge in [0, 0.05) is 29.9 Å². The molecule has 12 heteroatoms. The minimum absolute atomic E-state index is 0.000137. The van der Waals surface area contributed by atoms with Crippen LogP contribution in [0.5, 0.6) is 11.5 Å². The molecule has 1 aliphatic heterocycles. The van der Waals surface area contributed by atoms with E-state index in [0.29, 0.717) is 19.3 Å². The third-order valence-corrected chi connectivity index (χ3v) is 6.09. The van der Waals surface area contributed by atoms with Crippen LogP contribution in [0.4, 0.5) is 0 Å². The number of nitrogens with two attached hydrogens (primary N) is 1. The van der Waals surface area contributed by atoms with Gasteiger partial charge in [-0.25, -0.2) is 0 Å². The van der Waals surface area contributed by atoms with Gasteiger partial charge in [0.25, 0.3) is 16.0 Å². The predicted octanol–water partition coefficient (Wildman–Crippen LogP) is 2.00. The number of rotatable bonds is 1. The van der Waals surface area contributed by atoms with Crippen molar-refractivity contribution in [3.8, 4) is 11.5 Å². The number of aromatic hydroxyl groups is 2. The van der Waals surface area contributed by atoms with Gasteiger partial charge in [0.15, 0.2) is 5.76 Å². The van der Waals surface area contributed by atoms with Crippen LogP contribution in [0.15, 0.2) is 28.7 Å². The largest absolute Gasteiger partial charge is 0.506 e. The summed E-state index contributed by atoms with van der Waals surface area (Å²) < 4.78 is 31.4. The summed E-state index contributed by atoms with van der Waals surface area (Å²) in [4.78, 5) is 41.5. The van der Waals surface area contributed by atoms with E-state index in [2.05, 4.69) is 0 Å². The monoisotopic (exact) mass is 516 g/mol. The Kier molecular flexibility index (Phi) is 6.37. The number of carbonyl (C=O) groups excluding carboxylic acids is 3. The predicted molar refractivity (Wildman–Crippen MR) is 128 cm³/mol. The third kappa shape index (κ3) is 4.34. The minimum atomic E-state index is -3.67. The maximum absolute atomic E-state index is 13.5. The second kappa shape index (κ2) is 9.04. The lowest BCUT2D eigenvalue weighted by Crippen LogP contribution is -2.46. The minimum Gasteiger partial charge on any atom is -0.506 e. The molecule has 1 unspecified atom stereocenters.